The van der Waals surface area contributed by atoms with E-state index in [9.17, 15) is 0 Å². The first kappa shape index (κ1) is 12.5. The zero-order chi connectivity index (χ0) is 12.4. The highest BCUT2D eigenvalue weighted by molar-refractivity contribution is 6.30. The first-order valence-electron chi connectivity index (χ1n) is 6.88. The van der Waals surface area contributed by atoms with E-state index in [-0.39, 0.29) is 5.60 Å². The molecular formula is C15H20ClNO. The van der Waals surface area contributed by atoms with E-state index >= 15 is 0 Å². The number of halogens is 1. The molecule has 18 heavy (non-hydrogen) atoms. The third kappa shape index (κ3) is 2.71. The largest absolute Gasteiger partial charge is 0.375 e. The Morgan fingerprint density at radius 3 is 2.72 bits per heavy atom. The van der Waals surface area contributed by atoms with Crippen LogP contribution >= 0.6 is 11.6 Å². The number of rotatable bonds is 3. The van der Waals surface area contributed by atoms with Crippen molar-refractivity contribution >= 4 is 11.6 Å². The zero-order valence-electron chi connectivity index (χ0n) is 10.6. The van der Waals surface area contributed by atoms with E-state index in [1.165, 1.54) is 31.2 Å². The van der Waals surface area contributed by atoms with Crippen LogP contribution in [0.3, 0.4) is 0 Å². The monoisotopic (exact) mass is 265 g/mol. The van der Waals surface area contributed by atoms with Gasteiger partial charge in [-0.15, -0.1) is 0 Å². The minimum absolute atomic E-state index is 0.232. The fraction of sp³-hybridized carbons (Fsp3) is 0.600. The van der Waals surface area contributed by atoms with Crippen LogP contribution in [0.5, 0.6) is 0 Å². The molecule has 3 rings (SSSR count). The summed E-state index contributed by atoms with van der Waals surface area (Å²) in [5, 5.41) is 4.46. The molecular weight excluding hydrogens is 246 g/mol. The lowest BCUT2D eigenvalue weighted by Crippen LogP contribution is -2.50. The maximum atomic E-state index is 5.94. The highest BCUT2D eigenvalue weighted by Gasteiger charge is 2.42. The molecule has 0 aromatic heterocycles. The molecule has 1 heterocycles. The molecule has 1 aliphatic heterocycles. The standard InChI is InChI=1S/C15H20ClNO/c16-13-4-2-12(3-5-13)11-17-14-6-9-18-15(10-14)7-1-8-15/h2-5,14,17H,1,6-11H2. The van der Waals surface area contributed by atoms with Crippen molar-refractivity contribution in [1.29, 1.82) is 0 Å². The van der Waals surface area contributed by atoms with Crippen LogP contribution in [0, 0.1) is 0 Å². The van der Waals surface area contributed by atoms with Crippen molar-refractivity contribution in [2.24, 2.45) is 0 Å². The van der Waals surface area contributed by atoms with Gasteiger partial charge in [-0.1, -0.05) is 23.7 Å². The van der Waals surface area contributed by atoms with Gasteiger partial charge in [-0.3, -0.25) is 0 Å². The van der Waals surface area contributed by atoms with Crippen LogP contribution in [-0.4, -0.2) is 18.2 Å². The molecule has 98 valence electrons. The molecule has 1 saturated carbocycles. The Kier molecular flexibility index (Phi) is 3.60. The van der Waals surface area contributed by atoms with E-state index in [1.54, 1.807) is 0 Å². The van der Waals surface area contributed by atoms with Gasteiger partial charge in [0.25, 0.3) is 0 Å². The summed E-state index contributed by atoms with van der Waals surface area (Å²) in [6.45, 7) is 1.84. The normalized spacial score (nSPS) is 25.9. The highest BCUT2D eigenvalue weighted by Crippen LogP contribution is 2.42. The lowest BCUT2D eigenvalue weighted by Gasteiger charge is -2.47. The molecule has 2 nitrogen and oxygen atoms in total. The summed E-state index contributed by atoms with van der Waals surface area (Å²) in [6, 6.07) is 8.70. The van der Waals surface area contributed by atoms with E-state index in [1.807, 2.05) is 12.1 Å². The Balaban J connectivity index is 1.52. The molecule has 1 aromatic carbocycles. The second kappa shape index (κ2) is 5.20. The van der Waals surface area contributed by atoms with Crippen molar-refractivity contribution in [2.45, 2.75) is 50.3 Å². The van der Waals surface area contributed by atoms with E-state index in [0.717, 1.165) is 24.6 Å². The second-order valence-electron chi connectivity index (χ2n) is 5.58. The Morgan fingerprint density at radius 1 is 1.28 bits per heavy atom. The number of nitrogens with one attached hydrogen (secondary N) is 1. The quantitative estimate of drug-likeness (QED) is 0.903. The number of ether oxygens (including phenoxy) is 1. The molecule has 1 aromatic rings. The van der Waals surface area contributed by atoms with Crippen molar-refractivity contribution in [2.75, 3.05) is 6.61 Å². The molecule has 1 atom stereocenters. The molecule has 3 heteroatoms. The third-order valence-electron chi connectivity index (χ3n) is 4.27. The van der Waals surface area contributed by atoms with Crippen LogP contribution in [-0.2, 0) is 11.3 Å². The Bertz CT molecular complexity index is 399. The van der Waals surface area contributed by atoms with E-state index < -0.39 is 0 Å². The Labute approximate surface area is 114 Å². The Hall–Kier alpha value is -0.570. The van der Waals surface area contributed by atoms with Crippen LogP contribution in [0.2, 0.25) is 5.02 Å². The van der Waals surface area contributed by atoms with Gasteiger partial charge in [-0.2, -0.15) is 0 Å². The average molecular weight is 266 g/mol. The highest BCUT2D eigenvalue weighted by atomic mass is 35.5. The Morgan fingerprint density at radius 2 is 2.06 bits per heavy atom. The molecule has 1 N–H and O–H groups in total. The molecule has 1 saturated heterocycles. The van der Waals surface area contributed by atoms with Gasteiger partial charge in [-0.05, 0) is 49.8 Å². The van der Waals surface area contributed by atoms with Crippen LogP contribution in [0.4, 0.5) is 0 Å². The SMILES string of the molecule is Clc1ccc(CNC2CCOC3(CCC3)C2)cc1. The van der Waals surface area contributed by atoms with Crippen molar-refractivity contribution in [3.05, 3.63) is 34.9 Å². The van der Waals surface area contributed by atoms with Gasteiger partial charge >= 0.3 is 0 Å². The molecule has 0 bridgehead atoms. The van der Waals surface area contributed by atoms with Crippen molar-refractivity contribution < 1.29 is 4.74 Å². The zero-order valence-corrected chi connectivity index (χ0v) is 11.4. The van der Waals surface area contributed by atoms with E-state index in [4.69, 9.17) is 16.3 Å². The molecule has 1 aliphatic carbocycles. The van der Waals surface area contributed by atoms with Gasteiger partial charge in [0.2, 0.25) is 0 Å². The fourth-order valence-corrected chi connectivity index (χ4v) is 3.11. The summed E-state index contributed by atoms with van der Waals surface area (Å²) in [7, 11) is 0. The molecule has 2 fully saturated rings. The van der Waals surface area contributed by atoms with Gasteiger partial charge in [0, 0.05) is 24.2 Å². The number of hydrogen-bond acceptors (Lipinski definition) is 2. The lowest BCUT2D eigenvalue weighted by atomic mass is 9.74. The van der Waals surface area contributed by atoms with E-state index in [2.05, 4.69) is 17.4 Å². The van der Waals surface area contributed by atoms with Gasteiger partial charge < -0.3 is 10.1 Å². The average Bonchev–Trinajstić information content (AvgIpc) is 2.37. The maximum Gasteiger partial charge on any atom is 0.0697 e. The van der Waals surface area contributed by atoms with Crippen LogP contribution in [0.1, 0.15) is 37.7 Å². The third-order valence-corrected chi connectivity index (χ3v) is 4.52. The summed E-state index contributed by atoms with van der Waals surface area (Å²) in [5.41, 5.74) is 1.53. The maximum absolute atomic E-state index is 5.94. The smallest absolute Gasteiger partial charge is 0.0697 e. The summed E-state index contributed by atoms with van der Waals surface area (Å²) >= 11 is 5.89. The van der Waals surface area contributed by atoms with Gasteiger partial charge in [0.05, 0.1) is 5.60 Å². The van der Waals surface area contributed by atoms with Gasteiger partial charge in [-0.25, -0.2) is 0 Å². The van der Waals surface area contributed by atoms with Gasteiger partial charge in [0.1, 0.15) is 0 Å². The molecule has 0 amide bonds. The second-order valence-corrected chi connectivity index (χ2v) is 6.02. The number of hydrogen-bond donors (Lipinski definition) is 1. The minimum atomic E-state index is 0.232. The number of benzene rings is 1. The van der Waals surface area contributed by atoms with Crippen molar-refractivity contribution in [3.8, 4) is 0 Å². The molecule has 1 spiro atoms. The summed E-state index contributed by atoms with van der Waals surface area (Å²) in [6.07, 6.45) is 6.16. The molecule has 0 radical (unpaired) electrons. The van der Waals surface area contributed by atoms with Gasteiger partial charge in [0.15, 0.2) is 0 Å². The van der Waals surface area contributed by atoms with Crippen molar-refractivity contribution in [1.82, 2.24) is 5.32 Å². The van der Waals surface area contributed by atoms with E-state index in [0.29, 0.717) is 6.04 Å². The summed E-state index contributed by atoms with van der Waals surface area (Å²) in [4.78, 5) is 0. The topological polar surface area (TPSA) is 21.3 Å². The van der Waals surface area contributed by atoms with Crippen LogP contribution < -0.4 is 5.32 Å². The lowest BCUT2D eigenvalue weighted by molar-refractivity contribution is -0.135. The minimum Gasteiger partial charge on any atom is -0.375 e. The van der Waals surface area contributed by atoms with Crippen LogP contribution in [0.15, 0.2) is 24.3 Å². The predicted molar refractivity (Wildman–Crippen MR) is 73.8 cm³/mol. The first-order valence-corrected chi connectivity index (χ1v) is 7.25. The molecule has 1 unspecified atom stereocenters. The molecule has 2 aliphatic rings. The fourth-order valence-electron chi connectivity index (χ4n) is 2.99. The predicted octanol–water partition coefficient (Wildman–Crippen LogP) is 3.53. The first-order chi connectivity index (χ1) is 8.76. The van der Waals surface area contributed by atoms with Crippen LogP contribution in [0.25, 0.3) is 0 Å². The van der Waals surface area contributed by atoms with Crippen molar-refractivity contribution in [3.63, 3.8) is 0 Å². The summed E-state index contributed by atoms with van der Waals surface area (Å²) in [5.74, 6) is 0. The summed E-state index contributed by atoms with van der Waals surface area (Å²) < 4.78 is 5.94.